The Morgan fingerprint density at radius 1 is 1.10 bits per heavy atom. The highest BCUT2D eigenvalue weighted by atomic mass is 32.2. The summed E-state index contributed by atoms with van der Waals surface area (Å²) in [6.45, 7) is 3.83. The second-order valence-electron chi connectivity index (χ2n) is 9.24. The van der Waals surface area contributed by atoms with Crippen LogP contribution in [0, 0.1) is 0 Å². The molecule has 9 nitrogen and oxygen atoms in total. The molecule has 5 rings (SSSR count). The van der Waals surface area contributed by atoms with Gasteiger partial charge in [0.2, 0.25) is 5.91 Å². The Kier molecular flexibility index (Phi) is 8.29. The number of hydrogen-bond acceptors (Lipinski definition) is 6. The lowest BCUT2D eigenvalue weighted by molar-refractivity contribution is -0.274. The molecular weight excluding hydrogens is 569 g/mol. The van der Waals surface area contributed by atoms with Crippen molar-refractivity contribution in [2.45, 2.75) is 32.7 Å². The van der Waals surface area contributed by atoms with Crippen LogP contribution in [0.2, 0.25) is 0 Å². The van der Waals surface area contributed by atoms with E-state index in [0.29, 0.717) is 22.2 Å². The number of anilines is 1. The molecule has 13 heteroatoms. The normalized spacial score (nSPS) is 15.2. The van der Waals surface area contributed by atoms with Gasteiger partial charge in [-0.25, -0.2) is 14.5 Å². The average Bonchev–Trinajstić information content (AvgIpc) is 3.59. The molecule has 1 unspecified atom stereocenters. The van der Waals surface area contributed by atoms with E-state index < -0.39 is 12.4 Å². The highest BCUT2D eigenvalue weighted by Gasteiger charge is 2.32. The average molecular weight is 595 g/mol. The molecule has 3 aromatic carbocycles. The Morgan fingerprint density at radius 3 is 2.50 bits per heavy atom. The van der Waals surface area contributed by atoms with E-state index in [4.69, 9.17) is 0 Å². The van der Waals surface area contributed by atoms with E-state index >= 15 is 0 Å². The van der Waals surface area contributed by atoms with Gasteiger partial charge in [-0.15, -0.1) is 18.3 Å². The molecule has 1 aliphatic heterocycles. The zero-order valence-electron chi connectivity index (χ0n) is 22.5. The van der Waals surface area contributed by atoms with Gasteiger partial charge in [0, 0.05) is 5.56 Å². The number of halogens is 3. The molecule has 0 spiro atoms. The molecule has 3 amide bonds. The topological polar surface area (TPSA) is 102 Å². The van der Waals surface area contributed by atoms with Gasteiger partial charge < -0.3 is 10.1 Å². The van der Waals surface area contributed by atoms with Gasteiger partial charge in [0.15, 0.2) is 11.0 Å². The zero-order chi connectivity index (χ0) is 29.9. The largest absolute Gasteiger partial charge is 0.573 e. The van der Waals surface area contributed by atoms with Crippen molar-refractivity contribution in [3.05, 3.63) is 90.3 Å². The summed E-state index contributed by atoms with van der Waals surface area (Å²) in [4.78, 5) is 35.4. The number of ether oxygens (including phenoxy) is 1. The van der Waals surface area contributed by atoms with E-state index in [1.165, 1.54) is 51.9 Å². The van der Waals surface area contributed by atoms with Crippen LogP contribution >= 0.6 is 11.8 Å². The minimum atomic E-state index is -4.76. The lowest BCUT2D eigenvalue weighted by Gasteiger charge is -2.19. The van der Waals surface area contributed by atoms with E-state index in [1.54, 1.807) is 12.1 Å². The van der Waals surface area contributed by atoms with Crippen LogP contribution in [0.1, 0.15) is 31.0 Å². The quantitative estimate of drug-likeness (QED) is 0.269. The van der Waals surface area contributed by atoms with E-state index in [2.05, 4.69) is 25.1 Å². The summed E-state index contributed by atoms with van der Waals surface area (Å²) in [6.07, 6.45) is -2.57. The van der Waals surface area contributed by atoms with E-state index in [0.717, 1.165) is 23.2 Å². The maximum Gasteiger partial charge on any atom is 0.573 e. The molecule has 0 bridgehead atoms. The van der Waals surface area contributed by atoms with Gasteiger partial charge in [0.05, 0.1) is 23.2 Å². The number of para-hydroxylation sites is 1. The lowest BCUT2D eigenvalue weighted by atomic mass is 10.1. The van der Waals surface area contributed by atoms with Crippen LogP contribution in [0.4, 0.5) is 23.7 Å². The van der Waals surface area contributed by atoms with Crippen molar-refractivity contribution in [2.24, 2.45) is 4.99 Å². The molecule has 42 heavy (non-hydrogen) atoms. The summed E-state index contributed by atoms with van der Waals surface area (Å²) in [5, 5.41) is 7.59. The number of nitrogens with one attached hydrogen (secondary N) is 1. The maximum atomic E-state index is 12.8. The van der Waals surface area contributed by atoms with E-state index in [1.807, 2.05) is 50.2 Å². The molecule has 4 aromatic rings. The number of aryl methyl sites for hydroxylation is 1. The van der Waals surface area contributed by atoms with E-state index in [-0.39, 0.29) is 23.5 Å². The Labute approximate surface area is 243 Å². The number of aliphatic imine (C=N–C) groups is 1. The fourth-order valence-electron chi connectivity index (χ4n) is 4.34. The number of hydrogen-bond donors (Lipinski definition) is 1. The lowest BCUT2D eigenvalue weighted by Crippen LogP contribution is -2.32. The highest BCUT2D eigenvalue weighted by molar-refractivity contribution is 8.15. The van der Waals surface area contributed by atoms with Gasteiger partial charge in [-0.1, -0.05) is 61.2 Å². The van der Waals surface area contributed by atoms with Crippen molar-refractivity contribution in [3.8, 4) is 22.8 Å². The van der Waals surface area contributed by atoms with Crippen molar-refractivity contribution in [1.29, 1.82) is 0 Å². The number of amides is 3. The van der Waals surface area contributed by atoms with Gasteiger partial charge >= 0.3 is 12.4 Å². The monoisotopic (exact) mass is 594 g/mol. The van der Waals surface area contributed by atoms with Crippen molar-refractivity contribution in [1.82, 2.24) is 20.1 Å². The van der Waals surface area contributed by atoms with E-state index in [9.17, 15) is 22.8 Å². The minimum Gasteiger partial charge on any atom is -0.406 e. The first-order valence-electron chi connectivity index (χ1n) is 12.9. The smallest absolute Gasteiger partial charge is 0.406 e. The second kappa shape index (κ2) is 12.1. The molecule has 1 aromatic heterocycles. The fraction of sp³-hybridized carbons (Fsp3) is 0.207. The summed E-state index contributed by atoms with van der Waals surface area (Å²) in [5.41, 5.74) is 3.75. The first kappa shape index (κ1) is 28.9. The van der Waals surface area contributed by atoms with Gasteiger partial charge in [0.25, 0.3) is 0 Å². The highest BCUT2D eigenvalue weighted by Crippen LogP contribution is 2.30. The molecule has 0 aliphatic carbocycles. The van der Waals surface area contributed by atoms with Crippen LogP contribution in [0.5, 0.6) is 5.75 Å². The third-order valence-electron chi connectivity index (χ3n) is 6.41. The maximum absolute atomic E-state index is 12.8. The number of thioether (sulfide) groups is 1. The number of amidine groups is 1. The molecule has 216 valence electrons. The van der Waals surface area contributed by atoms with Crippen LogP contribution in [0.3, 0.4) is 0 Å². The number of alkyl halides is 3. The molecule has 1 N–H and O–H groups in total. The minimum absolute atomic E-state index is 0.125. The molecule has 1 aliphatic rings. The molecule has 0 saturated carbocycles. The first-order valence-corrected chi connectivity index (χ1v) is 13.9. The van der Waals surface area contributed by atoms with Gasteiger partial charge in [0.1, 0.15) is 12.1 Å². The summed E-state index contributed by atoms with van der Waals surface area (Å²) in [5.74, 6) is 0.169. The first-order chi connectivity index (χ1) is 20.1. The third-order valence-corrected chi connectivity index (χ3v) is 7.33. The summed E-state index contributed by atoms with van der Waals surface area (Å²) >= 11 is 1.22. The molecule has 1 saturated heterocycles. The number of benzene rings is 3. The van der Waals surface area contributed by atoms with Crippen LogP contribution in [-0.2, 0) is 11.2 Å². The summed E-state index contributed by atoms with van der Waals surface area (Å²) in [7, 11) is 0. The van der Waals surface area contributed by atoms with Crippen molar-refractivity contribution in [2.75, 3.05) is 10.7 Å². The summed E-state index contributed by atoms with van der Waals surface area (Å²) in [6, 6.07) is 19.2. The molecule has 0 radical (unpaired) electrons. The number of rotatable bonds is 7. The van der Waals surface area contributed by atoms with Crippen LogP contribution < -0.4 is 15.0 Å². The Hall–Kier alpha value is -4.65. The third kappa shape index (κ3) is 6.62. The molecular formula is C29H25F3N6O3S. The van der Waals surface area contributed by atoms with Gasteiger partial charge in [-0.05, 0) is 54.8 Å². The predicted molar refractivity (Wildman–Crippen MR) is 154 cm³/mol. The van der Waals surface area contributed by atoms with Crippen LogP contribution in [0.25, 0.3) is 17.1 Å². The number of carbonyl (C=O) groups excluding carboxylic acids is 2. The molecule has 2 heterocycles. The SMILES string of the molecule is CCc1ccccc1N1C(=O)CSC1=NC(=O)NC(C)c1ccc(-c2ncn(-c3ccc(OC(F)(F)F)cc3)n2)cc1. The van der Waals surface area contributed by atoms with Gasteiger partial charge in [-0.3, -0.25) is 9.69 Å². The van der Waals surface area contributed by atoms with Crippen molar-refractivity contribution >= 4 is 34.6 Å². The summed E-state index contributed by atoms with van der Waals surface area (Å²) < 4.78 is 42.5. The zero-order valence-corrected chi connectivity index (χ0v) is 23.3. The Bertz CT molecular complexity index is 1620. The Morgan fingerprint density at radius 2 is 1.81 bits per heavy atom. The Balaban J connectivity index is 1.24. The number of carbonyl (C=O) groups is 2. The number of urea groups is 1. The van der Waals surface area contributed by atoms with Crippen LogP contribution in [0.15, 0.2) is 84.1 Å². The fourth-order valence-corrected chi connectivity index (χ4v) is 5.20. The number of nitrogens with zero attached hydrogens (tertiary/aromatic N) is 5. The second-order valence-corrected chi connectivity index (χ2v) is 10.2. The van der Waals surface area contributed by atoms with Gasteiger partial charge in [-0.2, -0.15) is 4.99 Å². The van der Waals surface area contributed by atoms with Crippen molar-refractivity contribution in [3.63, 3.8) is 0 Å². The molecule has 1 fully saturated rings. The van der Waals surface area contributed by atoms with Crippen molar-refractivity contribution < 1.29 is 27.5 Å². The number of aromatic nitrogens is 3. The van der Waals surface area contributed by atoms with Crippen LogP contribution in [-0.4, -0.2) is 44.0 Å². The predicted octanol–water partition coefficient (Wildman–Crippen LogP) is 6.30. The standard InChI is InChI=1S/C29H25F3N6O3S/c1-3-19-6-4-5-7-24(19)38-25(39)16-42-28(38)35-27(40)34-18(2)20-8-10-21(11-9-20)26-33-17-37(36-26)22-12-14-23(15-13-22)41-29(30,31)32/h4-15,17-18H,3,16H2,1-2H3,(H,34,40). The molecule has 1 atom stereocenters.